The van der Waals surface area contributed by atoms with Gasteiger partial charge in [-0.25, -0.2) is 9.97 Å². The monoisotopic (exact) mass is 381 g/mol. The second-order valence-electron chi connectivity index (χ2n) is 7.14. The van der Waals surface area contributed by atoms with E-state index in [9.17, 15) is 4.79 Å². The Bertz CT molecular complexity index is 944. The molecule has 0 radical (unpaired) electrons. The Balaban J connectivity index is 1.53. The second kappa shape index (κ2) is 7.55. The lowest BCUT2D eigenvalue weighted by Gasteiger charge is -2.44. The van der Waals surface area contributed by atoms with Gasteiger partial charge in [0.15, 0.2) is 5.76 Å². The Morgan fingerprint density at radius 2 is 2.04 bits per heavy atom. The number of carbonyl (C=O) groups is 1. The van der Waals surface area contributed by atoms with Gasteiger partial charge in [0.2, 0.25) is 0 Å². The van der Waals surface area contributed by atoms with Crippen LogP contribution in [-0.4, -0.2) is 62.6 Å². The van der Waals surface area contributed by atoms with Gasteiger partial charge in [-0.3, -0.25) is 9.78 Å². The number of amides is 1. The topological polar surface area (TPSA) is 95.6 Å². The molecule has 0 aromatic carbocycles. The largest absolute Gasteiger partial charge is 0.451 e. The highest BCUT2D eigenvalue weighted by Gasteiger charge is 2.35. The highest BCUT2D eigenvalue weighted by molar-refractivity contribution is 5.96. The molecular weight excluding hydrogens is 358 g/mol. The number of rotatable bonds is 4. The first-order chi connectivity index (χ1) is 13.6. The molecule has 1 saturated heterocycles. The molecule has 0 aliphatic carbocycles. The Labute approximate surface area is 162 Å². The van der Waals surface area contributed by atoms with E-state index in [1.165, 1.54) is 0 Å². The molecule has 3 aromatic heterocycles. The van der Waals surface area contributed by atoms with Crippen LogP contribution in [0, 0.1) is 0 Å². The number of carbonyl (C=O) groups excluding carboxylic acids is 1. The van der Waals surface area contributed by atoms with Gasteiger partial charge >= 0.3 is 0 Å². The number of pyridine rings is 1. The molecule has 0 spiro atoms. The van der Waals surface area contributed by atoms with E-state index in [0.717, 1.165) is 11.2 Å². The zero-order valence-electron chi connectivity index (χ0n) is 15.9. The average molecular weight is 381 g/mol. The quantitative estimate of drug-likeness (QED) is 0.737. The van der Waals surface area contributed by atoms with Crippen LogP contribution in [0.1, 0.15) is 30.2 Å². The second-order valence-corrected chi connectivity index (χ2v) is 7.14. The van der Waals surface area contributed by atoms with E-state index in [1.807, 2.05) is 24.8 Å². The molecule has 8 heteroatoms. The summed E-state index contributed by atoms with van der Waals surface area (Å²) in [6.45, 7) is 5.40. The number of furan rings is 1. The molecule has 1 amide bonds. The lowest BCUT2D eigenvalue weighted by molar-refractivity contribution is 0.0543. The molecule has 0 unspecified atom stereocenters. The fourth-order valence-electron chi connectivity index (χ4n) is 3.81. The molecule has 28 heavy (non-hydrogen) atoms. The van der Waals surface area contributed by atoms with Crippen molar-refractivity contribution in [3.63, 3.8) is 0 Å². The maximum absolute atomic E-state index is 13.1. The van der Waals surface area contributed by atoms with Gasteiger partial charge < -0.3 is 19.3 Å². The number of aliphatic hydroxyl groups excluding tert-OH is 1. The molecule has 1 N–H and O–H groups in total. The van der Waals surface area contributed by atoms with Gasteiger partial charge in [0.25, 0.3) is 5.91 Å². The van der Waals surface area contributed by atoms with E-state index in [4.69, 9.17) is 9.52 Å². The summed E-state index contributed by atoms with van der Waals surface area (Å²) in [6, 6.07) is 5.35. The van der Waals surface area contributed by atoms with Crippen LogP contribution in [0.2, 0.25) is 0 Å². The number of piperazine rings is 1. The first kappa shape index (κ1) is 18.4. The molecule has 1 aliphatic heterocycles. The van der Waals surface area contributed by atoms with Gasteiger partial charge in [-0.05, 0) is 32.0 Å². The summed E-state index contributed by atoms with van der Waals surface area (Å²) < 4.78 is 5.74. The van der Waals surface area contributed by atoms with Crippen molar-refractivity contribution in [1.82, 2.24) is 19.9 Å². The third-order valence-electron chi connectivity index (χ3n) is 5.03. The fourth-order valence-corrected chi connectivity index (χ4v) is 3.81. The van der Waals surface area contributed by atoms with Crippen LogP contribution >= 0.6 is 0 Å². The summed E-state index contributed by atoms with van der Waals surface area (Å²) in [6.07, 6.45) is 5.48. The van der Waals surface area contributed by atoms with Crippen molar-refractivity contribution in [1.29, 1.82) is 0 Å². The average Bonchev–Trinajstić information content (AvgIpc) is 3.12. The van der Waals surface area contributed by atoms with Crippen LogP contribution in [0.4, 0.5) is 5.82 Å². The predicted octanol–water partition coefficient (Wildman–Crippen LogP) is 1.89. The van der Waals surface area contributed by atoms with Gasteiger partial charge in [-0.2, -0.15) is 0 Å². The summed E-state index contributed by atoms with van der Waals surface area (Å²) in [5.41, 5.74) is 0.662. The molecule has 0 bridgehead atoms. The number of fused-ring (bicyclic) bond motifs is 1. The van der Waals surface area contributed by atoms with Gasteiger partial charge in [-0.15, -0.1) is 0 Å². The summed E-state index contributed by atoms with van der Waals surface area (Å²) in [5, 5.41) is 9.93. The Morgan fingerprint density at radius 1 is 1.25 bits per heavy atom. The minimum absolute atomic E-state index is 0.0150. The number of aliphatic hydroxyl groups is 1. The minimum Gasteiger partial charge on any atom is -0.451 e. The molecule has 4 rings (SSSR count). The zero-order valence-corrected chi connectivity index (χ0v) is 15.9. The van der Waals surface area contributed by atoms with Crippen molar-refractivity contribution in [3.05, 3.63) is 48.4 Å². The summed E-state index contributed by atoms with van der Waals surface area (Å²) in [7, 11) is 0. The van der Waals surface area contributed by atoms with Gasteiger partial charge in [0, 0.05) is 55.6 Å². The maximum atomic E-state index is 13.1. The predicted molar refractivity (Wildman–Crippen MR) is 104 cm³/mol. The number of aromatic nitrogens is 3. The van der Waals surface area contributed by atoms with Gasteiger partial charge in [0.1, 0.15) is 17.2 Å². The molecular formula is C20H23N5O3. The maximum Gasteiger partial charge on any atom is 0.290 e. The van der Waals surface area contributed by atoms with Crippen molar-refractivity contribution in [2.45, 2.75) is 32.4 Å². The van der Waals surface area contributed by atoms with E-state index in [1.54, 1.807) is 30.7 Å². The Kier molecular flexibility index (Phi) is 4.95. The van der Waals surface area contributed by atoms with Crippen LogP contribution < -0.4 is 4.90 Å². The molecule has 2 atom stereocenters. The number of anilines is 1. The lowest BCUT2D eigenvalue weighted by atomic mass is 10.1. The Hall–Kier alpha value is -3.00. The van der Waals surface area contributed by atoms with Crippen molar-refractivity contribution >= 4 is 22.7 Å². The minimum atomic E-state index is -0.112. The molecule has 0 saturated carbocycles. The fraction of sp³-hybridized carbons (Fsp3) is 0.400. The SMILES string of the molecule is C[C@@H]1CN(c2ccnc(CCO)n2)C[C@H](C)N1C(=O)c1cc2cnccc2o1. The van der Waals surface area contributed by atoms with E-state index < -0.39 is 0 Å². The molecule has 4 heterocycles. The van der Waals surface area contributed by atoms with Crippen molar-refractivity contribution < 1.29 is 14.3 Å². The van der Waals surface area contributed by atoms with E-state index >= 15 is 0 Å². The van der Waals surface area contributed by atoms with Crippen LogP contribution in [0.5, 0.6) is 0 Å². The highest BCUT2D eigenvalue weighted by Crippen LogP contribution is 2.25. The smallest absolute Gasteiger partial charge is 0.290 e. The van der Waals surface area contributed by atoms with E-state index in [0.29, 0.717) is 36.7 Å². The lowest BCUT2D eigenvalue weighted by Crippen LogP contribution is -2.59. The first-order valence-electron chi connectivity index (χ1n) is 9.40. The van der Waals surface area contributed by atoms with Crippen LogP contribution in [0.3, 0.4) is 0 Å². The number of hydrogen-bond acceptors (Lipinski definition) is 7. The Morgan fingerprint density at radius 3 is 2.75 bits per heavy atom. The van der Waals surface area contributed by atoms with Crippen LogP contribution in [-0.2, 0) is 6.42 Å². The van der Waals surface area contributed by atoms with Crippen molar-refractivity contribution in [3.8, 4) is 0 Å². The third-order valence-corrected chi connectivity index (χ3v) is 5.03. The normalized spacial score (nSPS) is 20.0. The molecule has 8 nitrogen and oxygen atoms in total. The van der Waals surface area contributed by atoms with Crippen LogP contribution in [0.15, 0.2) is 41.2 Å². The third kappa shape index (κ3) is 3.43. The van der Waals surface area contributed by atoms with Gasteiger partial charge in [0.05, 0.1) is 6.61 Å². The van der Waals surface area contributed by atoms with Crippen LogP contribution in [0.25, 0.3) is 11.0 Å². The zero-order chi connectivity index (χ0) is 19.7. The molecule has 3 aromatic rings. The molecule has 146 valence electrons. The highest BCUT2D eigenvalue weighted by atomic mass is 16.3. The van der Waals surface area contributed by atoms with E-state index in [-0.39, 0.29) is 24.6 Å². The first-order valence-corrected chi connectivity index (χ1v) is 9.40. The summed E-state index contributed by atoms with van der Waals surface area (Å²) in [5.74, 6) is 1.66. The standard InChI is InChI=1S/C20H23N5O3/c1-13-11-24(19-4-7-22-18(23-19)5-8-26)12-14(2)25(13)20(27)17-9-15-10-21-6-3-16(15)28-17/h3-4,6-7,9-10,13-14,26H,5,8,11-12H2,1-2H3/t13-,14+. The number of nitrogens with zero attached hydrogens (tertiary/aromatic N) is 5. The van der Waals surface area contributed by atoms with Crippen molar-refractivity contribution in [2.75, 3.05) is 24.6 Å². The molecule has 1 fully saturated rings. The summed E-state index contributed by atoms with van der Waals surface area (Å²) in [4.78, 5) is 29.9. The number of hydrogen-bond donors (Lipinski definition) is 1. The van der Waals surface area contributed by atoms with Crippen molar-refractivity contribution in [2.24, 2.45) is 0 Å². The molecule has 1 aliphatic rings. The summed E-state index contributed by atoms with van der Waals surface area (Å²) >= 11 is 0. The van der Waals surface area contributed by atoms with Gasteiger partial charge in [-0.1, -0.05) is 0 Å². The van der Waals surface area contributed by atoms with E-state index in [2.05, 4.69) is 19.9 Å².